The van der Waals surface area contributed by atoms with Gasteiger partial charge in [0.15, 0.2) is 0 Å². The predicted octanol–water partition coefficient (Wildman–Crippen LogP) is 4.23. The molecule has 4 nitrogen and oxygen atoms in total. The molecule has 0 bridgehead atoms. The van der Waals surface area contributed by atoms with Crippen LogP contribution in [0.3, 0.4) is 0 Å². The Kier molecular flexibility index (Phi) is 5.56. The minimum absolute atomic E-state index is 0.111. The van der Waals surface area contributed by atoms with Gasteiger partial charge in [0.05, 0.1) is 4.92 Å². The first kappa shape index (κ1) is 15.8. The van der Waals surface area contributed by atoms with Crippen LogP contribution in [-0.4, -0.2) is 11.5 Å². The Labute approximate surface area is 132 Å². The summed E-state index contributed by atoms with van der Waals surface area (Å²) in [6.07, 6.45) is 0.798. The third-order valence-electron chi connectivity index (χ3n) is 2.99. The molecule has 2 aromatic carbocycles. The van der Waals surface area contributed by atoms with Gasteiger partial charge in [0, 0.05) is 28.7 Å². The molecule has 0 spiro atoms. The Morgan fingerprint density at radius 3 is 2.19 bits per heavy atom. The van der Waals surface area contributed by atoms with E-state index in [0.717, 1.165) is 24.1 Å². The molecular formula is C15H14Cl2N2O2. The van der Waals surface area contributed by atoms with Crippen molar-refractivity contribution < 1.29 is 4.92 Å². The van der Waals surface area contributed by atoms with Crippen LogP contribution >= 0.6 is 23.2 Å². The molecule has 0 heterocycles. The number of nitro groups is 1. The van der Waals surface area contributed by atoms with Crippen molar-refractivity contribution in [2.45, 2.75) is 13.0 Å². The molecular weight excluding hydrogens is 311 g/mol. The molecule has 0 unspecified atom stereocenters. The molecule has 0 aromatic heterocycles. The maximum absolute atomic E-state index is 10.6. The molecule has 110 valence electrons. The maximum Gasteiger partial charge on any atom is 0.269 e. The average Bonchev–Trinajstić information content (AvgIpc) is 2.43. The fraction of sp³-hybridized carbons (Fsp3) is 0.200. The molecule has 0 amide bonds. The summed E-state index contributed by atoms with van der Waals surface area (Å²) in [5.74, 6) is 0. The molecule has 0 atom stereocenters. The lowest BCUT2D eigenvalue weighted by molar-refractivity contribution is -0.384. The average molecular weight is 325 g/mol. The van der Waals surface area contributed by atoms with Gasteiger partial charge in [0.1, 0.15) is 0 Å². The van der Waals surface area contributed by atoms with Gasteiger partial charge in [-0.25, -0.2) is 0 Å². The Balaban J connectivity index is 1.80. The lowest BCUT2D eigenvalue weighted by atomic mass is 10.1. The number of non-ortho nitro benzene ring substituents is 1. The number of halogens is 2. The Morgan fingerprint density at radius 1 is 1.00 bits per heavy atom. The van der Waals surface area contributed by atoms with Crippen molar-refractivity contribution in [3.05, 3.63) is 73.8 Å². The monoisotopic (exact) mass is 324 g/mol. The first-order valence-corrected chi connectivity index (χ1v) is 7.19. The van der Waals surface area contributed by atoms with Crippen LogP contribution in [0.4, 0.5) is 5.69 Å². The van der Waals surface area contributed by atoms with E-state index in [1.165, 1.54) is 12.1 Å². The molecule has 1 N–H and O–H groups in total. The molecule has 0 radical (unpaired) electrons. The smallest absolute Gasteiger partial charge is 0.269 e. The van der Waals surface area contributed by atoms with E-state index < -0.39 is 4.92 Å². The van der Waals surface area contributed by atoms with E-state index in [4.69, 9.17) is 23.2 Å². The van der Waals surface area contributed by atoms with Crippen molar-refractivity contribution >= 4 is 28.9 Å². The zero-order chi connectivity index (χ0) is 15.2. The molecule has 0 saturated carbocycles. The number of hydrogen-bond acceptors (Lipinski definition) is 3. The highest BCUT2D eigenvalue weighted by Gasteiger charge is 2.03. The van der Waals surface area contributed by atoms with E-state index in [9.17, 15) is 10.1 Å². The zero-order valence-electron chi connectivity index (χ0n) is 11.2. The first-order valence-electron chi connectivity index (χ1n) is 6.43. The van der Waals surface area contributed by atoms with Crippen LogP contribution in [0.25, 0.3) is 0 Å². The van der Waals surface area contributed by atoms with E-state index in [0.29, 0.717) is 16.6 Å². The Hall–Kier alpha value is -1.62. The molecule has 2 rings (SSSR count). The van der Waals surface area contributed by atoms with Crippen molar-refractivity contribution in [1.82, 2.24) is 5.32 Å². The number of nitrogens with one attached hydrogen (secondary N) is 1. The van der Waals surface area contributed by atoms with Crippen LogP contribution in [0.2, 0.25) is 10.0 Å². The molecule has 0 aliphatic carbocycles. The van der Waals surface area contributed by atoms with Gasteiger partial charge in [0.2, 0.25) is 0 Å². The minimum atomic E-state index is -0.398. The van der Waals surface area contributed by atoms with Gasteiger partial charge in [-0.1, -0.05) is 35.3 Å². The second kappa shape index (κ2) is 7.41. The van der Waals surface area contributed by atoms with Crippen molar-refractivity contribution in [2.24, 2.45) is 0 Å². The Bertz CT molecular complexity index is 610. The number of hydrogen-bond donors (Lipinski definition) is 1. The van der Waals surface area contributed by atoms with E-state index in [1.807, 2.05) is 12.1 Å². The van der Waals surface area contributed by atoms with Gasteiger partial charge in [-0.2, -0.15) is 0 Å². The highest BCUT2D eigenvalue weighted by molar-refractivity contribution is 6.34. The number of nitro benzene ring substituents is 1. The fourth-order valence-electron chi connectivity index (χ4n) is 1.96. The second-order valence-electron chi connectivity index (χ2n) is 4.63. The lowest BCUT2D eigenvalue weighted by Gasteiger charge is -2.06. The van der Waals surface area contributed by atoms with Gasteiger partial charge in [0.25, 0.3) is 5.69 Å². The van der Waals surface area contributed by atoms with Crippen LogP contribution in [0.1, 0.15) is 11.1 Å². The zero-order valence-corrected chi connectivity index (χ0v) is 12.7. The highest BCUT2D eigenvalue weighted by Crippen LogP contribution is 2.19. The minimum Gasteiger partial charge on any atom is -0.312 e. The van der Waals surface area contributed by atoms with Crippen molar-refractivity contribution in [3.63, 3.8) is 0 Å². The first-order chi connectivity index (χ1) is 10.0. The summed E-state index contributed by atoms with van der Waals surface area (Å²) in [5, 5.41) is 15.1. The fourth-order valence-corrected chi connectivity index (χ4v) is 2.53. The van der Waals surface area contributed by atoms with E-state index in [-0.39, 0.29) is 5.69 Å². The van der Waals surface area contributed by atoms with E-state index in [2.05, 4.69) is 5.32 Å². The standard InChI is InChI=1S/C15H14Cl2N2O2/c16-13-7-12(8-14(17)9-13)10-18-6-5-11-1-3-15(4-2-11)19(20)21/h1-4,7-9,18H,5-6,10H2. The van der Waals surface area contributed by atoms with Crippen molar-refractivity contribution in [2.75, 3.05) is 6.54 Å². The van der Waals surface area contributed by atoms with Crippen molar-refractivity contribution in [1.29, 1.82) is 0 Å². The van der Waals surface area contributed by atoms with E-state index in [1.54, 1.807) is 18.2 Å². The topological polar surface area (TPSA) is 55.2 Å². The second-order valence-corrected chi connectivity index (χ2v) is 5.50. The van der Waals surface area contributed by atoms with E-state index >= 15 is 0 Å². The van der Waals surface area contributed by atoms with Crippen LogP contribution in [0.15, 0.2) is 42.5 Å². The predicted molar refractivity (Wildman–Crippen MR) is 85.0 cm³/mol. The Morgan fingerprint density at radius 2 is 1.62 bits per heavy atom. The van der Waals surface area contributed by atoms with Crippen molar-refractivity contribution in [3.8, 4) is 0 Å². The van der Waals surface area contributed by atoms with Crippen LogP contribution in [0, 0.1) is 10.1 Å². The van der Waals surface area contributed by atoms with Gasteiger partial charge < -0.3 is 5.32 Å². The summed E-state index contributed by atoms with van der Waals surface area (Å²) in [6, 6.07) is 12.0. The molecule has 0 aliphatic rings. The summed E-state index contributed by atoms with van der Waals surface area (Å²) in [4.78, 5) is 10.2. The van der Waals surface area contributed by atoms with Gasteiger partial charge in [-0.3, -0.25) is 10.1 Å². The number of benzene rings is 2. The summed E-state index contributed by atoms with van der Waals surface area (Å²) in [7, 11) is 0. The number of rotatable bonds is 6. The molecule has 6 heteroatoms. The largest absolute Gasteiger partial charge is 0.312 e. The highest BCUT2D eigenvalue weighted by atomic mass is 35.5. The van der Waals surface area contributed by atoms with Gasteiger partial charge in [-0.05, 0) is 42.3 Å². The summed E-state index contributed by atoms with van der Waals surface area (Å²) in [6.45, 7) is 1.44. The summed E-state index contributed by atoms with van der Waals surface area (Å²) in [5.41, 5.74) is 2.19. The molecule has 0 fully saturated rings. The number of nitrogens with zero attached hydrogens (tertiary/aromatic N) is 1. The van der Waals surface area contributed by atoms with Crippen LogP contribution in [0.5, 0.6) is 0 Å². The normalized spacial score (nSPS) is 10.6. The SMILES string of the molecule is O=[N+]([O-])c1ccc(CCNCc2cc(Cl)cc(Cl)c2)cc1. The molecule has 0 saturated heterocycles. The quantitative estimate of drug-likeness (QED) is 0.491. The molecule has 2 aromatic rings. The third-order valence-corrected chi connectivity index (χ3v) is 3.43. The lowest BCUT2D eigenvalue weighted by Crippen LogP contribution is -2.16. The van der Waals surface area contributed by atoms with Gasteiger partial charge in [-0.15, -0.1) is 0 Å². The summed E-state index contributed by atoms with van der Waals surface area (Å²) >= 11 is 11.9. The van der Waals surface area contributed by atoms with Gasteiger partial charge >= 0.3 is 0 Å². The maximum atomic E-state index is 10.6. The van der Waals surface area contributed by atoms with Crippen LogP contribution in [-0.2, 0) is 13.0 Å². The molecule has 21 heavy (non-hydrogen) atoms. The summed E-state index contributed by atoms with van der Waals surface area (Å²) < 4.78 is 0. The third kappa shape index (κ3) is 5.01. The molecule has 0 aliphatic heterocycles. The van der Waals surface area contributed by atoms with Crippen LogP contribution < -0.4 is 5.32 Å².